The van der Waals surface area contributed by atoms with Crippen molar-refractivity contribution in [3.05, 3.63) is 54.6 Å². The van der Waals surface area contributed by atoms with Crippen molar-refractivity contribution in [1.82, 2.24) is 29.9 Å². The summed E-state index contributed by atoms with van der Waals surface area (Å²) in [5.74, 6) is -1.02. The summed E-state index contributed by atoms with van der Waals surface area (Å²) in [5.41, 5.74) is 9.84. The average Bonchev–Trinajstić information content (AvgIpc) is 3.60. The molecule has 4 aromatic rings. The Hall–Kier alpha value is -3.85. The topological polar surface area (TPSA) is 176 Å². The number of para-hydroxylation sites is 1. The largest absolute Gasteiger partial charge is 0.382 e. The van der Waals surface area contributed by atoms with E-state index in [2.05, 4.69) is 10.2 Å². The molecule has 1 saturated carbocycles. The highest BCUT2D eigenvalue weighted by molar-refractivity contribution is 7.91. The van der Waals surface area contributed by atoms with Crippen molar-refractivity contribution >= 4 is 27.2 Å². The monoisotopic (exact) mass is 569 g/mol. The molecule has 212 valence electrons. The number of hydrogen-bond donors (Lipinski definition) is 3. The Morgan fingerprint density at radius 2 is 1.90 bits per heavy atom. The van der Waals surface area contributed by atoms with Gasteiger partial charge in [-0.15, -0.1) is 0 Å². The number of fused-ring (bicyclic) bond motifs is 1. The number of anilines is 1. The van der Waals surface area contributed by atoms with Crippen LogP contribution in [-0.4, -0.2) is 76.1 Å². The molecule has 3 heterocycles. The molecule has 0 atom stereocenters. The number of amides is 1. The first-order valence-electron chi connectivity index (χ1n) is 12.7. The maximum absolute atomic E-state index is 12.9. The minimum absolute atomic E-state index is 0.0366. The van der Waals surface area contributed by atoms with E-state index in [-0.39, 0.29) is 42.7 Å². The minimum Gasteiger partial charge on any atom is -0.382 e. The Labute approximate surface area is 230 Å². The van der Waals surface area contributed by atoms with Gasteiger partial charge >= 0.3 is 0 Å². The van der Waals surface area contributed by atoms with E-state index in [0.29, 0.717) is 29.7 Å². The number of hydroxylamine groups is 1. The van der Waals surface area contributed by atoms with Crippen molar-refractivity contribution in [2.45, 2.75) is 42.1 Å². The van der Waals surface area contributed by atoms with Gasteiger partial charge in [0.15, 0.2) is 15.5 Å². The molecule has 40 heavy (non-hydrogen) atoms. The van der Waals surface area contributed by atoms with Gasteiger partial charge in [-0.05, 0) is 37.8 Å². The number of benzene rings is 1. The van der Waals surface area contributed by atoms with E-state index < -0.39 is 21.3 Å². The third-order valence-electron chi connectivity index (χ3n) is 7.31. The number of nitrogens with zero attached hydrogens (tertiary/aromatic N) is 5. The van der Waals surface area contributed by atoms with Crippen LogP contribution in [0.2, 0.25) is 0 Å². The molecular formula is C26H31N7O6S. The number of carbonyl (C=O) groups excluding carboxylic acids is 1. The lowest BCUT2D eigenvalue weighted by Gasteiger charge is -2.38. The summed E-state index contributed by atoms with van der Waals surface area (Å²) < 4.78 is 39.8. The van der Waals surface area contributed by atoms with Crippen LogP contribution in [-0.2, 0) is 24.1 Å². The quantitative estimate of drug-likeness (QED) is 0.154. The molecule has 0 bridgehead atoms. The van der Waals surface area contributed by atoms with Gasteiger partial charge < -0.3 is 15.2 Å². The molecule has 1 fully saturated rings. The molecular weight excluding hydrogens is 538 g/mol. The molecule has 4 N–H and O–H groups in total. The van der Waals surface area contributed by atoms with E-state index in [1.807, 2.05) is 36.5 Å². The Morgan fingerprint density at radius 3 is 2.55 bits per heavy atom. The van der Waals surface area contributed by atoms with Gasteiger partial charge in [-0.3, -0.25) is 10.0 Å². The van der Waals surface area contributed by atoms with Crippen LogP contribution in [0.1, 0.15) is 37.3 Å². The lowest BCUT2D eigenvalue weighted by atomic mass is 9.76. The van der Waals surface area contributed by atoms with Gasteiger partial charge in [-0.1, -0.05) is 18.2 Å². The molecule has 1 amide bonds. The fourth-order valence-corrected chi connectivity index (χ4v) is 6.34. The predicted octanol–water partition coefficient (Wildman–Crippen LogP) is 2.13. The smallest absolute Gasteiger partial charge is 0.275 e. The fraction of sp³-hybridized carbons (Fsp3) is 0.385. The van der Waals surface area contributed by atoms with E-state index >= 15 is 0 Å². The first kappa shape index (κ1) is 27.7. The second-order valence-electron chi connectivity index (χ2n) is 9.84. The number of nitrogens with one attached hydrogen (secondary N) is 1. The average molecular weight is 570 g/mol. The zero-order chi connectivity index (χ0) is 28.5. The number of carbonyl (C=O) groups is 1. The Balaban J connectivity index is 1.54. The van der Waals surface area contributed by atoms with E-state index in [4.69, 9.17) is 20.2 Å². The SMILES string of the molecule is COCCO[C@]1(C(=O)NO)CC[C@H](c2nc3c(-c4cnn(-c5ccccc5)c4)cnn3c(N)c2S(C)(=O)=O)CC1. The van der Waals surface area contributed by atoms with Crippen LogP contribution >= 0.6 is 0 Å². The zero-order valence-corrected chi connectivity index (χ0v) is 23.0. The van der Waals surface area contributed by atoms with Gasteiger partial charge in [0.1, 0.15) is 16.3 Å². The summed E-state index contributed by atoms with van der Waals surface area (Å²) in [6.45, 7) is 0.442. The molecule has 1 aliphatic rings. The number of ether oxygens (including phenoxy) is 2. The van der Waals surface area contributed by atoms with Crippen LogP contribution in [0, 0.1) is 0 Å². The summed E-state index contributed by atoms with van der Waals surface area (Å²) in [5, 5.41) is 18.2. The third-order valence-corrected chi connectivity index (χ3v) is 8.47. The molecule has 1 aromatic carbocycles. The Kier molecular flexibility index (Phi) is 7.59. The van der Waals surface area contributed by atoms with Crippen LogP contribution in [0.4, 0.5) is 5.82 Å². The van der Waals surface area contributed by atoms with Crippen molar-refractivity contribution in [3.8, 4) is 16.8 Å². The number of aromatic nitrogens is 5. The predicted molar refractivity (Wildman–Crippen MR) is 145 cm³/mol. The summed E-state index contributed by atoms with van der Waals surface area (Å²) in [6.07, 6.45) is 7.42. The van der Waals surface area contributed by atoms with E-state index in [9.17, 15) is 18.4 Å². The molecule has 0 spiro atoms. The minimum atomic E-state index is -3.79. The number of nitrogen functional groups attached to an aromatic ring is 1. The van der Waals surface area contributed by atoms with Gasteiger partial charge in [-0.25, -0.2) is 23.6 Å². The van der Waals surface area contributed by atoms with Crippen LogP contribution < -0.4 is 11.2 Å². The standard InChI is InChI=1S/C26H31N7O6S/c1-38-12-13-39-26(25(34)31-35)10-8-17(9-11-26)21-22(40(2,36)37)23(27)33-24(30-21)20(15-29-33)18-14-28-32(16-18)19-6-4-3-5-7-19/h3-7,14-17,35H,8-13,27H2,1-2H3,(H,31,34)/t17-,26+. The summed E-state index contributed by atoms with van der Waals surface area (Å²) >= 11 is 0. The lowest BCUT2D eigenvalue weighted by Crippen LogP contribution is -2.50. The normalized spacial score (nSPS) is 19.6. The lowest BCUT2D eigenvalue weighted by molar-refractivity contribution is -0.163. The maximum atomic E-state index is 12.9. The number of hydrogen-bond acceptors (Lipinski definition) is 10. The highest BCUT2D eigenvalue weighted by atomic mass is 32.2. The van der Waals surface area contributed by atoms with Gasteiger partial charge in [0.05, 0.1) is 37.0 Å². The van der Waals surface area contributed by atoms with Crippen molar-refractivity contribution in [2.75, 3.05) is 32.3 Å². The maximum Gasteiger partial charge on any atom is 0.275 e. The molecule has 3 aromatic heterocycles. The van der Waals surface area contributed by atoms with E-state index in [1.165, 1.54) is 11.6 Å². The van der Waals surface area contributed by atoms with E-state index in [0.717, 1.165) is 17.5 Å². The second kappa shape index (κ2) is 11.0. The third kappa shape index (κ3) is 5.06. The molecule has 0 aliphatic heterocycles. The van der Waals surface area contributed by atoms with Crippen molar-refractivity contribution in [1.29, 1.82) is 0 Å². The van der Waals surface area contributed by atoms with Crippen LogP contribution in [0.25, 0.3) is 22.5 Å². The molecule has 1 aliphatic carbocycles. The number of sulfone groups is 1. The van der Waals surface area contributed by atoms with Crippen LogP contribution in [0.5, 0.6) is 0 Å². The van der Waals surface area contributed by atoms with Gasteiger partial charge in [0, 0.05) is 36.6 Å². The van der Waals surface area contributed by atoms with Crippen molar-refractivity contribution < 1.29 is 27.9 Å². The Morgan fingerprint density at radius 1 is 1.18 bits per heavy atom. The molecule has 14 heteroatoms. The highest BCUT2D eigenvalue weighted by Crippen LogP contribution is 2.43. The van der Waals surface area contributed by atoms with E-state index in [1.54, 1.807) is 22.6 Å². The summed E-state index contributed by atoms with van der Waals surface area (Å²) in [7, 11) is -2.27. The second-order valence-corrected chi connectivity index (χ2v) is 11.8. The first-order chi connectivity index (χ1) is 19.2. The fourth-order valence-electron chi connectivity index (χ4n) is 5.28. The Bertz CT molecular complexity index is 1630. The molecule has 5 rings (SSSR count). The van der Waals surface area contributed by atoms with Crippen LogP contribution in [0.15, 0.2) is 53.8 Å². The zero-order valence-electron chi connectivity index (χ0n) is 22.1. The van der Waals surface area contributed by atoms with Gasteiger partial charge in [0.25, 0.3) is 5.91 Å². The molecule has 13 nitrogen and oxygen atoms in total. The molecule has 0 radical (unpaired) electrons. The highest BCUT2D eigenvalue weighted by Gasteiger charge is 2.44. The van der Waals surface area contributed by atoms with Crippen LogP contribution in [0.3, 0.4) is 0 Å². The number of rotatable bonds is 9. The number of nitrogens with two attached hydrogens (primary N) is 1. The molecule has 0 unspecified atom stereocenters. The van der Waals surface area contributed by atoms with Gasteiger partial charge in [-0.2, -0.15) is 14.7 Å². The summed E-state index contributed by atoms with van der Waals surface area (Å²) in [6, 6.07) is 9.61. The van der Waals surface area contributed by atoms with Gasteiger partial charge in [0.2, 0.25) is 0 Å². The van der Waals surface area contributed by atoms with Crippen molar-refractivity contribution in [3.63, 3.8) is 0 Å². The number of methoxy groups -OCH3 is 1. The first-order valence-corrected chi connectivity index (χ1v) is 14.6. The van der Waals surface area contributed by atoms with Crippen molar-refractivity contribution in [2.24, 2.45) is 0 Å². The summed E-state index contributed by atoms with van der Waals surface area (Å²) in [4.78, 5) is 17.3. The molecule has 0 saturated heterocycles.